The van der Waals surface area contributed by atoms with Crippen LogP contribution in [0.25, 0.3) is 0 Å². The third-order valence-electron chi connectivity index (χ3n) is 3.12. The normalized spacial score (nSPS) is 12.2. The monoisotopic (exact) mass is 283 g/mol. The number of nitrogens with one attached hydrogen (secondary N) is 1. The Morgan fingerprint density at radius 1 is 1.42 bits per heavy atom. The molecule has 0 aliphatic heterocycles. The predicted molar refractivity (Wildman–Crippen MR) is 76.8 cm³/mol. The van der Waals surface area contributed by atoms with Gasteiger partial charge in [0.25, 0.3) is 5.91 Å². The minimum Gasteiger partial charge on any atom is -0.481 e. The second-order valence-electron chi connectivity index (χ2n) is 4.58. The summed E-state index contributed by atoms with van der Waals surface area (Å²) in [4.78, 5) is 24.8. The SMILES string of the molecule is CCCC(CNC(=O)c1cc(CC)c(C)s1)C(=O)O. The molecule has 5 heteroatoms. The number of aliphatic carboxylic acids is 1. The van der Waals surface area contributed by atoms with Crippen molar-refractivity contribution in [2.75, 3.05) is 6.54 Å². The van der Waals surface area contributed by atoms with E-state index >= 15 is 0 Å². The van der Waals surface area contributed by atoms with Crippen LogP contribution in [0.4, 0.5) is 0 Å². The molecule has 1 amide bonds. The van der Waals surface area contributed by atoms with Gasteiger partial charge in [-0.3, -0.25) is 9.59 Å². The van der Waals surface area contributed by atoms with E-state index in [0.29, 0.717) is 11.3 Å². The number of rotatable bonds is 7. The van der Waals surface area contributed by atoms with Crippen molar-refractivity contribution in [1.82, 2.24) is 5.32 Å². The molecule has 106 valence electrons. The average Bonchev–Trinajstić information content (AvgIpc) is 2.75. The van der Waals surface area contributed by atoms with E-state index in [-0.39, 0.29) is 12.5 Å². The third-order valence-corrected chi connectivity index (χ3v) is 4.21. The first-order valence-corrected chi connectivity index (χ1v) is 7.41. The van der Waals surface area contributed by atoms with Crippen molar-refractivity contribution in [3.05, 3.63) is 21.4 Å². The zero-order valence-corrected chi connectivity index (χ0v) is 12.5. The zero-order valence-electron chi connectivity index (χ0n) is 11.7. The van der Waals surface area contributed by atoms with Gasteiger partial charge in [-0.05, 0) is 31.4 Å². The lowest BCUT2D eigenvalue weighted by Crippen LogP contribution is -2.32. The van der Waals surface area contributed by atoms with Crippen LogP contribution < -0.4 is 5.32 Å². The number of amides is 1. The maximum Gasteiger partial charge on any atom is 0.308 e. The summed E-state index contributed by atoms with van der Waals surface area (Å²) in [6.07, 6.45) is 2.29. The van der Waals surface area contributed by atoms with Crippen molar-refractivity contribution in [2.45, 2.75) is 40.0 Å². The van der Waals surface area contributed by atoms with E-state index in [0.717, 1.165) is 17.7 Å². The van der Waals surface area contributed by atoms with Crippen LogP contribution in [-0.4, -0.2) is 23.5 Å². The molecule has 1 aromatic heterocycles. The maximum absolute atomic E-state index is 12.0. The molecular formula is C14H21NO3S. The van der Waals surface area contributed by atoms with Crippen molar-refractivity contribution in [1.29, 1.82) is 0 Å². The van der Waals surface area contributed by atoms with E-state index in [1.54, 1.807) is 0 Å². The molecule has 4 nitrogen and oxygen atoms in total. The largest absolute Gasteiger partial charge is 0.481 e. The van der Waals surface area contributed by atoms with E-state index in [4.69, 9.17) is 5.11 Å². The van der Waals surface area contributed by atoms with Gasteiger partial charge in [-0.25, -0.2) is 0 Å². The molecule has 0 aliphatic carbocycles. The molecule has 0 saturated carbocycles. The molecule has 1 aromatic rings. The Kier molecular flexibility index (Phi) is 6.02. The van der Waals surface area contributed by atoms with Gasteiger partial charge in [0.1, 0.15) is 0 Å². The fraction of sp³-hybridized carbons (Fsp3) is 0.571. The van der Waals surface area contributed by atoms with Gasteiger partial charge in [-0.15, -0.1) is 11.3 Å². The highest BCUT2D eigenvalue weighted by Gasteiger charge is 2.18. The first-order valence-electron chi connectivity index (χ1n) is 6.59. The maximum atomic E-state index is 12.0. The molecule has 0 aliphatic rings. The minimum absolute atomic E-state index is 0.171. The van der Waals surface area contributed by atoms with Crippen molar-refractivity contribution in [2.24, 2.45) is 5.92 Å². The molecule has 0 aromatic carbocycles. The van der Waals surface area contributed by atoms with Crippen LogP contribution in [-0.2, 0) is 11.2 Å². The van der Waals surface area contributed by atoms with Crippen LogP contribution in [0.15, 0.2) is 6.07 Å². The highest BCUT2D eigenvalue weighted by molar-refractivity contribution is 7.14. The molecule has 0 radical (unpaired) electrons. The molecule has 1 unspecified atom stereocenters. The summed E-state index contributed by atoms with van der Waals surface area (Å²) in [5, 5.41) is 11.7. The van der Waals surface area contributed by atoms with Crippen LogP contribution in [0.3, 0.4) is 0 Å². The van der Waals surface area contributed by atoms with Crippen LogP contribution in [0, 0.1) is 12.8 Å². The summed E-state index contributed by atoms with van der Waals surface area (Å²) in [7, 11) is 0. The minimum atomic E-state index is -0.848. The van der Waals surface area contributed by atoms with E-state index < -0.39 is 11.9 Å². The molecule has 1 heterocycles. The van der Waals surface area contributed by atoms with Gasteiger partial charge >= 0.3 is 5.97 Å². The number of aryl methyl sites for hydroxylation is 2. The number of thiophene rings is 1. The molecule has 0 spiro atoms. The summed E-state index contributed by atoms with van der Waals surface area (Å²) in [6.45, 7) is 6.18. The molecule has 0 bridgehead atoms. The van der Waals surface area contributed by atoms with E-state index in [1.165, 1.54) is 16.9 Å². The average molecular weight is 283 g/mol. The molecule has 2 N–H and O–H groups in total. The van der Waals surface area contributed by atoms with E-state index in [9.17, 15) is 9.59 Å². The summed E-state index contributed by atoms with van der Waals surface area (Å²) in [6, 6.07) is 1.89. The number of carbonyl (C=O) groups excluding carboxylic acids is 1. The fourth-order valence-electron chi connectivity index (χ4n) is 1.95. The van der Waals surface area contributed by atoms with Gasteiger partial charge < -0.3 is 10.4 Å². The summed E-state index contributed by atoms with van der Waals surface area (Å²) in [5.41, 5.74) is 1.18. The Bertz CT molecular complexity index is 454. The lowest BCUT2D eigenvalue weighted by molar-refractivity contribution is -0.141. The number of hydrogen-bond donors (Lipinski definition) is 2. The van der Waals surface area contributed by atoms with Crippen LogP contribution >= 0.6 is 11.3 Å². The van der Waals surface area contributed by atoms with Crippen LogP contribution in [0.2, 0.25) is 0 Å². The Morgan fingerprint density at radius 2 is 2.11 bits per heavy atom. The number of carbonyl (C=O) groups is 2. The lowest BCUT2D eigenvalue weighted by atomic mass is 10.0. The third kappa shape index (κ3) is 4.35. The smallest absolute Gasteiger partial charge is 0.308 e. The first-order chi connectivity index (χ1) is 8.99. The second kappa shape index (κ2) is 7.28. The Morgan fingerprint density at radius 3 is 2.58 bits per heavy atom. The fourth-order valence-corrected chi connectivity index (χ4v) is 2.98. The van der Waals surface area contributed by atoms with Gasteiger partial charge in [0, 0.05) is 11.4 Å². The molecule has 0 saturated heterocycles. The molecular weight excluding hydrogens is 262 g/mol. The van der Waals surface area contributed by atoms with Crippen LogP contribution in [0.1, 0.15) is 46.8 Å². The Balaban J connectivity index is 2.61. The highest BCUT2D eigenvalue weighted by Crippen LogP contribution is 2.22. The summed E-state index contributed by atoms with van der Waals surface area (Å²) in [5.74, 6) is -1.52. The van der Waals surface area contributed by atoms with Gasteiger partial charge in [0.05, 0.1) is 10.8 Å². The van der Waals surface area contributed by atoms with E-state index in [2.05, 4.69) is 12.2 Å². The van der Waals surface area contributed by atoms with Crippen molar-refractivity contribution >= 4 is 23.2 Å². The van der Waals surface area contributed by atoms with Crippen molar-refractivity contribution in [3.8, 4) is 0 Å². The molecule has 19 heavy (non-hydrogen) atoms. The van der Waals surface area contributed by atoms with Crippen molar-refractivity contribution in [3.63, 3.8) is 0 Å². The quantitative estimate of drug-likeness (QED) is 0.808. The standard InChI is InChI=1S/C14H21NO3S/c1-4-6-11(14(17)18)8-15-13(16)12-7-10(5-2)9(3)19-12/h7,11H,4-6,8H2,1-3H3,(H,15,16)(H,17,18). The van der Waals surface area contributed by atoms with Gasteiger partial charge in [0.2, 0.25) is 0 Å². The topological polar surface area (TPSA) is 66.4 Å². The summed E-state index contributed by atoms with van der Waals surface area (Å²) >= 11 is 1.46. The summed E-state index contributed by atoms with van der Waals surface area (Å²) < 4.78 is 0. The Hall–Kier alpha value is -1.36. The molecule has 0 fully saturated rings. The zero-order chi connectivity index (χ0) is 14.4. The van der Waals surface area contributed by atoms with Gasteiger partial charge in [-0.1, -0.05) is 20.3 Å². The number of carboxylic acid groups (broad SMARTS) is 1. The van der Waals surface area contributed by atoms with Crippen LogP contribution in [0.5, 0.6) is 0 Å². The van der Waals surface area contributed by atoms with E-state index in [1.807, 2.05) is 19.9 Å². The first kappa shape index (κ1) is 15.7. The highest BCUT2D eigenvalue weighted by atomic mass is 32.1. The number of hydrogen-bond acceptors (Lipinski definition) is 3. The van der Waals surface area contributed by atoms with Gasteiger partial charge in [-0.2, -0.15) is 0 Å². The Labute approximate surface area is 117 Å². The lowest BCUT2D eigenvalue weighted by Gasteiger charge is -2.11. The van der Waals surface area contributed by atoms with Gasteiger partial charge in [0.15, 0.2) is 0 Å². The second-order valence-corrected chi connectivity index (χ2v) is 5.84. The number of carboxylic acids is 1. The molecule has 1 rings (SSSR count). The van der Waals surface area contributed by atoms with Crippen molar-refractivity contribution < 1.29 is 14.7 Å². The predicted octanol–water partition coefficient (Wildman–Crippen LogP) is 2.85. The molecule has 1 atom stereocenters.